The van der Waals surface area contributed by atoms with E-state index in [1.165, 1.54) is 51.4 Å². The summed E-state index contributed by atoms with van der Waals surface area (Å²) in [6, 6.07) is 9.91. The molecule has 0 aliphatic heterocycles. The highest BCUT2D eigenvalue weighted by Crippen LogP contribution is 2.52. The van der Waals surface area contributed by atoms with E-state index in [-0.39, 0.29) is 17.9 Å². The molecule has 0 unspecified atom stereocenters. The van der Waals surface area contributed by atoms with Crippen molar-refractivity contribution in [3.8, 4) is 0 Å². The predicted molar refractivity (Wildman–Crippen MR) is 106 cm³/mol. The van der Waals surface area contributed by atoms with Gasteiger partial charge in [-0.15, -0.1) is 0 Å². The molecule has 1 aromatic rings. The van der Waals surface area contributed by atoms with Gasteiger partial charge in [-0.2, -0.15) is 0 Å². The summed E-state index contributed by atoms with van der Waals surface area (Å²) in [6.07, 6.45) is 11.0. The Labute approximate surface area is 167 Å². The highest BCUT2D eigenvalue weighted by molar-refractivity contribution is 5.81. The topological polar surface area (TPSA) is 65.0 Å². The number of esters is 1. The van der Waals surface area contributed by atoms with Crippen LogP contribution in [0, 0.1) is 5.41 Å². The Hall–Kier alpha value is -1.69. The summed E-state index contributed by atoms with van der Waals surface area (Å²) < 4.78 is 16.7. The molecule has 2 fully saturated rings. The molecule has 0 aromatic heterocycles. The van der Waals surface area contributed by atoms with Gasteiger partial charge in [-0.25, -0.2) is 4.79 Å². The second kappa shape index (κ2) is 9.68. The Morgan fingerprint density at radius 2 is 1.93 bits per heavy atom. The Balaban J connectivity index is 1.61. The Bertz CT molecular complexity index is 645. The lowest BCUT2D eigenvalue weighted by atomic mass is 9.82. The largest absolute Gasteiger partial charge is 0.466 e. The quantitative estimate of drug-likeness (QED) is 0.298. The first-order valence-electron chi connectivity index (χ1n) is 10.3. The fourth-order valence-corrected chi connectivity index (χ4v) is 4.62. The third-order valence-corrected chi connectivity index (χ3v) is 6.17. The third-order valence-electron chi connectivity index (χ3n) is 6.17. The first-order chi connectivity index (χ1) is 13.6. The fraction of sp³-hybridized carbons (Fsp3) is 0.609. The van der Waals surface area contributed by atoms with E-state index in [0.29, 0.717) is 13.2 Å². The molecule has 3 rings (SSSR count). The number of carbonyl (C=O) groups excluding carboxylic acids is 1. The van der Waals surface area contributed by atoms with Crippen molar-refractivity contribution in [2.75, 3.05) is 13.7 Å². The SMILES string of the molecule is COC(=O)/C=C/[C@@](O)(CCOCc1ccccc1)O[C@H]1CCCC12CCCC2. The number of hydrogen-bond donors (Lipinski definition) is 1. The maximum atomic E-state index is 11.6. The Morgan fingerprint density at radius 1 is 1.21 bits per heavy atom. The summed E-state index contributed by atoms with van der Waals surface area (Å²) in [7, 11) is 1.32. The van der Waals surface area contributed by atoms with Gasteiger partial charge in [-0.1, -0.05) is 49.6 Å². The molecule has 0 heterocycles. The number of methoxy groups -OCH3 is 1. The average Bonchev–Trinajstić information content (AvgIpc) is 3.35. The molecule has 5 heteroatoms. The van der Waals surface area contributed by atoms with Crippen LogP contribution >= 0.6 is 0 Å². The van der Waals surface area contributed by atoms with E-state index >= 15 is 0 Å². The number of aliphatic hydroxyl groups is 1. The molecule has 0 amide bonds. The zero-order valence-corrected chi connectivity index (χ0v) is 16.8. The maximum absolute atomic E-state index is 11.6. The van der Waals surface area contributed by atoms with E-state index in [2.05, 4.69) is 4.74 Å². The van der Waals surface area contributed by atoms with Crippen molar-refractivity contribution in [3.05, 3.63) is 48.0 Å². The zero-order chi connectivity index (χ0) is 19.9. The first-order valence-corrected chi connectivity index (χ1v) is 10.3. The molecule has 2 atom stereocenters. The molecule has 2 aliphatic rings. The van der Waals surface area contributed by atoms with Crippen molar-refractivity contribution in [1.82, 2.24) is 0 Å². The van der Waals surface area contributed by atoms with Crippen molar-refractivity contribution in [2.24, 2.45) is 5.41 Å². The predicted octanol–water partition coefficient (Wildman–Crippen LogP) is 4.14. The summed E-state index contributed by atoms with van der Waals surface area (Å²) in [5, 5.41) is 11.2. The molecule has 5 nitrogen and oxygen atoms in total. The van der Waals surface area contributed by atoms with Crippen molar-refractivity contribution in [2.45, 2.75) is 69.9 Å². The van der Waals surface area contributed by atoms with Crippen LogP contribution in [-0.4, -0.2) is 36.7 Å². The summed E-state index contributed by atoms with van der Waals surface area (Å²) in [6.45, 7) is 0.807. The Morgan fingerprint density at radius 3 is 2.64 bits per heavy atom. The van der Waals surface area contributed by atoms with Gasteiger partial charge in [0.15, 0.2) is 5.79 Å². The van der Waals surface area contributed by atoms with Gasteiger partial charge < -0.3 is 19.3 Å². The molecule has 1 aromatic carbocycles. The molecular formula is C23H32O5. The minimum absolute atomic E-state index is 0.0245. The van der Waals surface area contributed by atoms with Crippen LogP contribution in [0.15, 0.2) is 42.5 Å². The first kappa shape index (κ1) is 21.0. The van der Waals surface area contributed by atoms with Gasteiger partial charge in [-0.05, 0) is 42.7 Å². The minimum Gasteiger partial charge on any atom is -0.466 e. The van der Waals surface area contributed by atoms with Gasteiger partial charge in [-0.3, -0.25) is 0 Å². The van der Waals surface area contributed by atoms with E-state index in [1.807, 2.05) is 30.3 Å². The van der Waals surface area contributed by atoms with Gasteiger partial charge >= 0.3 is 5.97 Å². The number of ether oxygens (including phenoxy) is 3. The monoisotopic (exact) mass is 388 g/mol. The summed E-state index contributed by atoms with van der Waals surface area (Å²) in [5.74, 6) is -2.04. The maximum Gasteiger partial charge on any atom is 0.330 e. The number of hydrogen-bond acceptors (Lipinski definition) is 5. The molecule has 0 radical (unpaired) electrons. The fourth-order valence-electron chi connectivity index (χ4n) is 4.62. The van der Waals surface area contributed by atoms with Gasteiger partial charge in [0.1, 0.15) is 0 Å². The lowest BCUT2D eigenvalue weighted by Gasteiger charge is -2.37. The van der Waals surface area contributed by atoms with E-state index in [9.17, 15) is 9.90 Å². The zero-order valence-electron chi connectivity index (χ0n) is 16.8. The highest BCUT2D eigenvalue weighted by atomic mass is 16.6. The molecule has 28 heavy (non-hydrogen) atoms. The normalized spacial score (nSPS) is 23.3. The molecule has 154 valence electrons. The lowest BCUT2D eigenvalue weighted by Crippen LogP contribution is -2.41. The standard InChI is InChI=1S/C23H32O5/c1-26-21(24)11-15-23(25,16-17-27-18-19-8-3-2-4-9-19)28-20-10-7-14-22(20)12-5-6-13-22/h2-4,8-9,11,15,20,25H,5-7,10,12-14,16-18H2,1H3/b15-11+/t20-,23-/m0/s1. The third kappa shape index (κ3) is 5.43. The van der Waals surface area contributed by atoms with Crippen LogP contribution in [-0.2, 0) is 25.6 Å². The van der Waals surface area contributed by atoms with Crippen LogP contribution in [0.4, 0.5) is 0 Å². The van der Waals surface area contributed by atoms with E-state index in [1.54, 1.807) is 0 Å². The van der Waals surface area contributed by atoms with E-state index in [0.717, 1.165) is 18.4 Å². The van der Waals surface area contributed by atoms with Crippen LogP contribution in [0.25, 0.3) is 0 Å². The smallest absolute Gasteiger partial charge is 0.330 e. The van der Waals surface area contributed by atoms with Crippen molar-refractivity contribution in [3.63, 3.8) is 0 Å². The van der Waals surface area contributed by atoms with Gasteiger partial charge in [0.25, 0.3) is 0 Å². The number of benzene rings is 1. The van der Waals surface area contributed by atoms with Crippen molar-refractivity contribution >= 4 is 5.97 Å². The molecule has 2 saturated carbocycles. The molecule has 0 bridgehead atoms. The van der Waals surface area contributed by atoms with Gasteiger partial charge in [0, 0.05) is 12.5 Å². The molecule has 2 aliphatic carbocycles. The number of rotatable bonds is 9. The molecule has 1 spiro atoms. The number of carbonyl (C=O) groups is 1. The van der Waals surface area contributed by atoms with Crippen molar-refractivity contribution < 1.29 is 24.1 Å². The second-order valence-corrected chi connectivity index (χ2v) is 8.06. The molecule has 1 N–H and O–H groups in total. The van der Waals surface area contributed by atoms with Crippen LogP contribution in [0.5, 0.6) is 0 Å². The van der Waals surface area contributed by atoms with Crippen LogP contribution in [0.2, 0.25) is 0 Å². The molecule has 0 saturated heterocycles. The van der Waals surface area contributed by atoms with Gasteiger partial charge in [0.05, 0.1) is 26.4 Å². The van der Waals surface area contributed by atoms with Crippen LogP contribution in [0.3, 0.4) is 0 Å². The summed E-state index contributed by atoms with van der Waals surface area (Å²) in [4.78, 5) is 11.6. The summed E-state index contributed by atoms with van der Waals surface area (Å²) >= 11 is 0. The van der Waals surface area contributed by atoms with Gasteiger partial charge in [0.2, 0.25) is 0 Å². The van der Waals surface area contributed by atoms with Crippen LogP contribution < -0.4 is 0 Å². The lowest BCUT2D eigenvalue weighted by molar-refractivity contribution is -0.225. The summed E-state index contributed by atoms with van der Waals surface area (Å²) in [5.41, 5.74) is 1.27. The second-order valence-electron chi connectivity index (χ2n) is 8.06. The van der Waals surface area contributed by atoms with Crippen LogP contribution in [0.1, 0.15) is 56.9 Å². The highest BCUT2D eigenvalue weighted by Gasteiger charge is 2.47. The van der Waals surface area contributed by atoms with E-state index < -0.39 is 11.8 Å². The van der Waals surface area contributed by atoms with Crippen molar-refractivity contribution in [1.29, 1.82) is 0 Å². The average molecular weight is 389 g/mol. The Kier molecular flexibility index (Phi) is 7.27. The van der Waals surface area contributed by atoms with E-state index in [4.69, 9.17) is 9.47 Å². The minimum atomic E-state index is -1.53. The molecular weight excluding hydrogens is 356 g/mol.